The average Bonchev–Trinajstić information content (AvgIpc) is 2.75. The topological polar surface area (TPSA) is 38.3 Å². The van der Waals surface area contributed by atoms with E-state index in [0.29, 0.717) is 6.54 Å². The van der Waals surface area contributed by atoms with Gasteiger partial charge >= 0.3 is 0 Å². The molecule has 1 aromatic carbocycles. The lowest BCUT2D eigenvalue weighted by molar-refractivity contribution is -0.702. The van der Waals surface area contributed by atoms with E-state index in [1.165, 1.54) is 16.3 Å². The van der Waals surface area contributed by atoms with E-state index < -0.39 is 0 Å². The first-order valence-electron chi connectivity index (χ1n) is 6.73. The molecule has 0 bridgehead atoms. The zero-order valence-electron chi connectivity index (χ0n) is 12.4. The number of aromatic nitrogens is 2. The van der Waals surface area contributed by atoms with Crippen molar-refractivity contribution in [3.8, 4) is 5.75 Å². The number of aliphatic hydroxyl groups is 1. The summed E-state index contributed by atoms with van der Waals surface area (Å²) in [5, 5.41) is 11.6. The van der Waals surface area contributed by atoms with Crippen LogP contribution in [0.15, 0.2) is 30.5 Å². The molecule has 2 aromatic heterocycles. The maximum absolute atomic E-state index is 9.15. The number of ether oxygens (including phenoxy) is 1. The predicted molar refractivity (Wildman–Crippen MR) is 79.0 cm³/mol. The Hall–Kier alpha value is -1.59. The van der Waals surface area contributed by atoms with E-state index in [1.807, 2.05) is 12.3 Å². The molecule has 21 heavy (non-hydrogen) atoms. The Kier molecular flexibility index (Phi) is 4.54. The number of hydrogen-bond donors (Lipinski definition) is 1. The molecule has 4 nitrogen and oxygen atoms in total. The van der Waals surface area contributed by atoms with Crippen LogP contribution >= 0.6 is 0 Å². The second-order valence-electron chi connectivity index (χ2n) is 5.02. The zero-order valence-corrected chi connectivity index (χ0v) is 14.0. The average molecular weight is 351 g/mol. The largest absolute Gasteiger partial charge is 1.00 e. The van der Waals surface area contributed by atoms with Gasteiger partial charge in [0.1, 0.15) is 17.9 Å². The molecule has 0 aliphatic carbocycles. The summed E-state index contributed by atoms with van der Waals surface area (Å²) >= 11 is 0. The first kappa shape index (κ1) is 15.8. The van der Waals surface area contributed by atoms with Gasteiger partial charge in [0, 0.05) is 36.9 Å². The molecule has 0 fully saturated rings. The van der Waals surface area contributed by atoms with Crippen molar-refractivity contribution in [2.45, 2.75) is 13.5 Å². The minimum absolute atomic E-state index is 0. The van der Waals surface area contributed by atoms with Crippen LogP contribution in [0.3, 0.4) is 0 Å². The molecule has 0 radical (unpaired) electrons. The summed E-state index contributed by atoms with van der Waals surface area (Å²) in [4.78, 5) is 0. The van der Waals surface area contributed by atoms with E-state index in [1.54, 1.807) is 7.11 Å². The molecule has 0 aliphatic rings. The fourth-order valence-electron chi connectivity index (χ4n) is 2.94. The third-order valence-electron chi connectivity index (χ3n) is 3.98. The van der Waals surface area contributed by atoms with Gasteiger partial charge in [-0.05, 0) is 12.1 Å². The first-order chi connectivity index (χ1) is 9.67. The van der Waals surface area contributed by atoms with Crippen LogP contribution in [0.2, 0.25) is 0 Å². The monoisotopic (exact) mass is 350 g/mol. The molecule has 0 spiro atoms. The summed E-state index contributed by atoms with van der Waals surface area (Å²) in [6.45, 7) is 2.86. The summed E-state index contributed by atoms with van der Waals surface area (Å²) in [6, 6.07) is 8.27. The highest BCUT2D eigenvalue weighted by Gasteiger charge is 2.17. The van der Waals surface area contributed by atoms with Crippen LogP contribution in [0.4, 0.5) is 0 Å². The van der Waals surface area contributed by atoms with Gasteiger partial charge in [-0.25, -0.2) is 0 Å². The van der Waals surface area contributed by atoms with E-state index in [0.717, 1.165) is 17.0 Å². The number of fused-ring (bicyclic) bond motifs is 3. The number of aliphatic hydroxyl groups excluding tert-OH is 1. The summed E-state index contributed by atoms with van der Waals surface area (Å²) < 4.78 is 9.59. The Morgan fingerprint density at radius 2 is 2.00 bits per heavy atom. The van der Waals surface area contributed by atoms with Crippen LogP contribution < -0.4 is 26.3 Å². The molecule has 0 unspecified atom stereocenters. The van der Waals surface area contributed by atoms with Gasteiger partial charge in [-0.2, -0.15) is 4.57 Å². The maximum atomic E-state index is 9.15. The number of benzene rings is 1. The molecule has 0 aliphatic heterocycles. The number of hydrogen-bond acceptors (Lipinski definition) is 2. The number of aryl methyl sites for hydroxylation is 2. The fourth-order valence-corrected chi connectivity index (χ4v) is 2.94. The molecular weight excluding hydrogens is 332 g/mol. The SMILES string of the molecule is COc1ccc2c3cc[n+](CCO)c(C)c3n(C)c2c1.[Br-]. The Morgan fingerprint density at radius 1 is 1.24 bits per heavy atom. The molecule has 112 valence electrons. The number of methoxy groups -OCH3 is 1. The summed E-state index contributed by atoms with van der Waals surface area (Å²) in [5.41, 5.74) is 3.52. The molecule has 3 aromatic rings. The lowest BCUT2D eigenvalue weighted by Crippen LogP contribution is -3.00. The van der Waals surface area contributed by atoms with Crippen LogP contribution in [0, 0.1) is 6.92 Å². The van der Waals surface area contributed by atoms with Crippen LogP contribution in [0.5, 0.6) is 5.75 Å². The second kappa shape index (κ2) is 6.03. The number of nitrogens with zero attached hydrogens (tertiary/aromatic N) is 2. The van der Waals surface area contributed by atoms with Crippen molar-refractivity contribution < 1.29 is 31.4 Å². The molecule has 0 amide bonds. The van der Waals surface area contributed by atoms with Gasteiger partial charge in [0.25, 0.3) is 0 Å². The number of rotatable bonds is 3. The summed E-state index contributed by atoms with van der Waals surface area (Å²) in [5.74, 6) is 0.865. The van der Waals surface area contributed by atoms with E-state index in [2.05, 4.69) is 41.3 Å². The van der Waals surface area contributed by atoms with Crippen molar-refractivity contribution in [3.63, 3.8) is 0 Å². The van der Waals surface area contributed by atoms with Gasteiger partial charge in [-0.15, -0.1) is 0 Å². The van der Waals surface area contributed by atoms with Crippen molar-refractivity contribution in [2.75, 3.05) is 13.7 Å². The molecular formula is C16H19BrN2O2. The Morgan fingerprint density at radius 3 is 2.67 bits per heavy atom. The van der Waals surface area contributed by atoms with E-state index in [4.69, 9.17) is 9.84 Å². The van der Waals surface area contributed by atoms with Gasteiger partial charge in [-0.3, -0.25) is 0 Å². The molecule has 0 atom stereocenters. The van der Waals surface area contributed by atoms with Crippen molar-refractivity contribution in [1.82, 2.24) is 4.57 Å². The molecule has 3 rings (SSSR count). The van der Waals surface area contributed by atoms with Crippen molar-refractivity contribution in [3.05, 3.63) is 36.2 Å². The Labute approximate surface area is 134 Å². The van der Waals surface area contributed by atoms with Crippen LogP contribution in [0.1, 0.15) is 5.69 Å². The molecule has 1 N–H and O–H groups in total. The summed E-state index contributed by atoms with van der Waals surface area (Å²) in [7, 11) is 3.75. The zero-order chi connectivity index (χ0) is 14.3. The fraction of sp³-hybridized carbons (Fsp3) is 0.312. The standard InChI is InChI=1S/C16H19N2O2.BrH/c1-11-16-14(6-7-18(11)8-9-19)13-5-4-12(20-3)10-15(13)17(16)2;/h4-7,10,19H,8-9H2,1-3H3;1H/q+1;/p-1. The van der Waals surface area contributed by atoms with Crippen molar-refractivity contribution in [1.29, 1.82) is 0 Å². The van der Waals surface area contributed by atoms with Gasteiger partial charge in [0.2, 0.25) is 5.69 Å². The molecule has 0 saturated carbocycles. The second-order valence-corrected chi connectivity index (χ2v) is 5.02. The van der Waals surface area contributed by atoms with Gasteiger partial charge in [0.15, 0.2) is 12.7 Å². The molecule has 0 saturated heterocycles. The lowest BCUT2D eigenvalue weighted by atomic mass is 10.1. The van der Waals surface area contributed by atoms with E-state index in [9.17, 15) is 0 Å². The van der Waals surface area contributed by atoms with Gasteiger partial charge in [0.05, 0.1) is 12.6 Å². The normalized spacial score (nSPS) is 10.9. The first-order valence-corrected chi connectivity index (χ1v) is 6.73. The number of pyridine rings is 1. The third kappa shape index (κ3) is 2.40. The third-order valence-corrected chi connectivity index (χ3v) is 3.98. The Bertz CT molecular complexity index is 796. The van der Waals surface area contributed by atoms with Crippen LogP contribution in [0.25, 0.3) is 21.8 Å². The highest BCUT2D eigenvalue weighted by Crippen LogP contribution is 2.31. The van der Waals surface area contributed by atoms with Crippen LogP contribution in [-0.4, -0.2) is 23.4 Å². The van der Waals surface area contributed by atoms with Crippen LogP contribution in [-0.2, 0) is 13.6 Å². The van der Waals surface area contributed by atoms with Crippen molar-refractivity contribution >= 4 is 21.8 Å². The molecule has 5 heteroatoms. The Balaban J connectivity index is 0.00000161. The smallest absolute Gasteiger partial charge is 0.202 e. The summed E-state index contributed by atoms with van der Waals surface area (Å²) in [6.07, 6.45) is 2.04. The van der Waals surface area contributed by atoms with Gasteiger partial charge in [-0.1, -0.05) is 0 Å². The quantitative estimate of drug-likeness (QED) is 0.611. The lowest BCUT2D eigenvalue weighted by Gasteiger charge is -2.03. The molecule has 2 heterocycles. The minimum atomic E-state index is 0. The van der Waals surface area contributed by atoms with E-state index in [-0.39, 0.29) is 23.6 Å². The minimum Gasteiger partial charge on any atom is -1.00 e. The van der Waals surface area contributed by atoms with Crippen molar-refractivity contribution in [2.24, 2.45) is 7.05 Å². The highest BCUT2D eigenvalue weighted by molar-refractivity contribution is 6.08. The van der Waals surface area contributed by atoms with Gasteiger partial charge < -0.3 is 31.4 Å². The maximum Gasteiger partial charge on any atom is 0.202 e. The number of halogens is 1. The predicted octanol–water partition coefficient (Wildman–Crippen LogP) is -1.07. The highest BCUT2D eigenvalue weighted by atomic mass is 79.9. The van der Waals surface area contributed by atoms with E-state index >= 15 is 0 Å².